The van der Waals surface area contributed by atoms with Gasteiger partial charge in [0.2, 0.25) is 0 Å². The molecule has 39 valence electrons. The summed E-state index contributed by atoms with van der Waals surface area (Å²) in [5.41, 5.74) is 2.86. The third kappa shape index (κ3) is 0.969. The van der Waals surface area contributed by atoms with E-state index >= 15 is 0 Å². The molecule has 7 heavy (non-hydrogen) atoms. The molecule has 2 unspecified atom stereocenters. The van der Waals surface area contributed by atoms with Crippen molar-refractivity contribution < 1.29 is 0 Å². The molecular weight excluding hydrogens is 106 g/mol. The van der Waals surface area contributed by atoms with Crippen molar-refractivity contribution >= 4 is 17.3 Å². The van der Waals surface area contributed by atoms with Gasteiger partial charge < -0.3 is 0 Å². The van der Waals surface area contributed by atoms with Crippen LogP contribution in [0.4, 0.5) is 0 Å². The van der Waals surface area contributed by atoms with E-state index in [9.17, 15) is 0 Å². The maximum Gasteiger partial charge on any atom is 0.123 e. The number of hydrogen-bond acceptors (Lipinski definition) is 2. The summed E-state index contributed by atoms with van der Waals surface area (Å²) < 4.78 is 0. The van der Waals surface area contributed by atoms with Gasteiger partial charge in [0.05, 0.1) is 6.04 Å². The third-order valence-corrected chi connectivity index (χ3v) is 2.15. The molecule has 0 saturated carbocycles. The van der Waals surface area contributed by atoms with Crippen LogP contribution in [0.5, 0.6) is 0 Å². The van der Waals surface area contributed by atoms with Gasteiger partial charge in [0, 0.05) is 5.25 Å². The van der Waals surface area contributed by atoms with Gasteiger partial charge in [0.25, 0.3) is 0 Å². The van der Waals surface area contributed by atoms with Gasteiger partial charge in [0.15, 0.2) is 0 Å². The van der Waals surface area contributed by atoms with Crippen LogP contribution in [0.3, 0.4) is 0 Å². The van der Waals surface area contributed by atoms with Crippen molar-refractivity contribution in [2.24, 2.45) is 4.99 Å². The Morgan fingerprint density at radius 1 is 1.57 bits per heavy atom. The number of aliphatic imine (C=N–C) groups is 1. The molecule has 0 bridgehead atoms. The first-order valence-electron chi connectivity index (χ1n) is 2.41. The topological polar surface area (TPSA) is 12.4 Å². The molecule has 1 aliphatic rings. The summed E-state index contributed by atoms with van der Waals surface area (Å²) >= 11 is 1.69. The average Bonchev–Trinajstić information content (AvgIpc) is 1.91. The third-order valence-electron chi connectivity index (χ3n) is 1.17. The minimum atomic E-state index is 0.491. The predicted molar refractivity (Wildman–Crippen MR) is 33.9 cm³/mol. The lowest BCUT2D eigenvalue weighted by atomic mass is 10.3. The van der Waals surface area contributed by atoms with E-state index in [1.807, 2.05) is 0 Å². The van der Waals surface area contributed by atoms with E-state index in [0.29, 0.717) is 11.3 Å². The summed E-state index contributed by atoms with van der Waals surface area (Å²) in [7, 11) is 0. The zero-order chi connectivity index (χ0) is 5.28. The molecule has 0 N–H and O–H groups in total. The molecule has 0 aromatic carbocycles. The van der Waals surface area contributed by atoms with Crippen LogP contribution in [0.1, 0.15) is 13.8 Å². The normalized spacial score (nSPS) is 39.7. The van der Waals surface area contributed by atoms with Crippen molar-refractivity contribution in [3.63, 3.8) is 0 Å². The van der Waals surface area contributed by atoms with Gasteiger partial charge in [-0.2, -0.15) is 0 Å². The van der Waals surface area contributed by atoms with Gasteiger partial charge in [-0.25, -0.2) is 0 Å². The highest BCUT2D eigenvalue weighted by Crippen LogP contribution is 2.19. The molecular formula is C5H8NS. The molecule has 0 aromatic heterocycles. The maximum absolute atomic E-state index is 4.03. The van der Waals surface area contributed by atoms with Gasteiger partial charge in [-0.3, -0.25) is 4.99 Å². The molecule has 2 atom stereocenters. The fourth-order valence-electron chi connectivity index (χ4n) is 0.400. The lowest BCUT2D eigenvalue weighted by Crippen LogP contribution is -2.06. The molecule has 2 heteroatoms. The van der Waals surface area contributed by atoms with E-state index in [2.05, 4.69) is 24.4 Å². The molecule has 0 aromatic rings. The van der Waals surface area contributed by atoms with Crippen molar-refractivity contribution in [2.75, 3.05) is 0 Å². The fourth-order valence-corrected chi connectivity index (χ4v) is 1.05. The number of rotatable bonds is 0. The van der Waals surface area contributed by atoms with E-state index in [-0.39, 0.29) is 0 Å². The Labute approximate surface area is 48.2 Å². The summed E-state index contributed by atoms with van der Waals surface area (Å²) in [6.07, 6.45) is 0. The minimum absolute atomic E-state index is 0.491. The molecule has 1 radical (unpaired) electrons. The van der Waals surface area contributed by atoms with Crippen molar-refractivity contribution in [2.45, 2.75) is 25.1 Å². The van der Waals surface area contributed by atoms with Gasteiger partial charge in [-0.05, 0) is 6.92 Å². The molecule has 0 aliphatic carbocycles. The standard InChI is InChI=1S/C5H8NS/c1-4-5(2)7-3-6-4/h4-5H,1-2H3. The van der Waals surface area contributed by atoms with Gasteiger partial charge in [0.1, 0.15) is 5.55 Å². The quantitative estimate of drug-likeness (QED) is 0.464. The Bertz CT molecular complexity index is 90.1. The number of thioether (sulfide) groups is 1. The highest BCUT2D eigenvalue weighted by Gasteiger charge is 2.14. The van der Waals surface area contributed by atoms with E-state index in [1.54, 1.807) is 11.8 Å². The second kappa shape index (κ2) is 1.86. The average molecular weight is 114 g/mol. The highest BCUT2D eigenvalue weighted by molar-refractivity contribution is 8.12. The molecule has 1 nitrogen and oxygen atoms in total. The van der Waals surface area contributed by atoms with E-state index in [1.165, 1.54) is 0 Å². The van der Waals surface area contributed by atoms with Crippen molar-refractivity contribution in [3.8, 4) is 0 Å². The maximum atomic E-state index is 4.03. The first-order valence-corrected chi connectivity index (χ1v) is 3.29. The highest BCUT2D eigenvalue weighted by atomic mass is 32.2. The molecule has 1 aliphatic heterocycles. The molecule has 0 spiro atoms. The summed E-state index contributed by atoms with van der Waals surface area (Å²) in [6.45, 7) is 4.27. The first-order chi connectivity index (χ1) is 3.30. The van der Waals surface area contributed by atoms with Crippen LogP contribution in [0, 0.1) is 0 Å². The fraction of sp³-hybridized carbons (Fsp3) is 0.800. The Balaban J connectivity index is 2.45. The molecule has 0 saturated heterocycles. The van der Waals surface area contributed by atoms with Crippen LogP contribution >= 0.6 is 11.8 Å². The van der Waals surface area contributed by atoms with Crippen LogP contribution in [0.15, 0.2) is 4.99 Å². The molecule has 0 amide bonds. The Morgan fingerprint density at radius 2 is 2.29 bits per heavy atom. The van der Waals surface area contributed by atoms with Gasteiger partial charge in [-0.15, -0.1) is 0 Å². The molecule has 1 heterocycles. The Kier molecular flexibility index (Phi) is 1.38. The van der Waals surface area contributed by atoms with Crippen LogP contribution in [0.2, 0.25) is 0 Å². The van der Waals surface area contributed by atoms with Crippen molar-refractivity contribution in [1.29, 1.82) is 0 Å². The summed E-state index contributed by atoms with van der Waals surface area (Å²) in [5, 5.41) is 0.653. The SMILES string of the molecule is CC1N=[C]SC1C. The van der Waals surface area contributed by atoms with Crippen LogP contribution < -0.4 is 0 Å². The minimum Gasteiger partial charge on any atom is -0.271 e. The summed E-state index contributed by atoms with van der Waals surface area (Å²) in [4.78, 5) is 4.03. The van der Waals surface area contributed by atoms with Crippen LogP contribution in [0.25, 0.3) is 0 Å². The monoisotopic (exact) mass is 114 g/mol. The van der Waals surface area contributed by atoms with Crippen LogP contribution in [-0.4, -0.2) is 16.8 Å². The summed E-state index contributed by atoms with van der Waals surface area (Å²) in [5.74, 6) is 0. The second-order valence-electron chi connectivity index (χ2n) is 1.78. The Morgan fingerprint density at radius 3 is 2.43 bits per heavy atom. The predicted octanol–water partition coefficient (Wildman–Crippen LogP) is 1.42. The van der Waals surface area contributed by atoms with Crippen LogP contribution in [-0.2, 0) is 0 Å². The van der Waals surface area contributed by atoms with E-state index < -0.39 is 0 Å². The Hall–Kier alpha value is 0.0200. The zero-order valence-electron chi connectivity index (χ0n) is 4.51. The van der Waals surface area contributed by atoms with E-state index in [0.717, 1.165) is 0 Å². The molecule has 0 fully saturated rings. The number of hydrogen-bond donors (Lipinski definition) is 0. The zero-order valence-corrected chi connectivity index (χ0v) is 5.33. The second-order valence-corrected chi connectivity index (χ2v) is 2.95. The van der Waals surface area contributed by atoms with E-state index in [4.69, 9.17) is 0 Å². The lowest BCUT2D eigenvalue weighted by molar-refractivity contribution is 0.751. The molecule has 1 rings (SSSR count). The largest absolute Gasteiger partial charge is 0.271 e. The lowest BCUT2D eigenvalue weighted by Gasteiger charge is -2.01. The van der Waals surface area contributed by atoms with Crippen molar-refractivity contribution in [1.82, 2.24) is 0 Å². The smallest absolute Gasteiger partial charge is 0.123 e. The van der Waals surface area contributed by atoms with Gasteiger partial charge in [-0.1, -0.05) is 18.7 Å². The van der Waals surface area contributed by atoms with Gasteiger partial charge >= 0.3 is 0 Å². The summed E-state index contributed by atoms with van der Waals surface area (Å²) in [6, 6.07) is 0.491. The first kappa shape index (κ1) is 5.16. The number of nitrogens with zero attached hydrogens (tertiary/aromatic N) is 1. The van der Waals surface area contributed by atoms with Crippen molar-refractivity contribution in [3.05, 3.63) is 0 Å².